The zero-order valence-electron chi connectivity index (χ0n) is 12.9. The van der Waals surface area contributed by atoms with E-state index in [2.05, 4.69) is 20.5 Å². The average Bonchev–Trinajstić information content (AvgIpc) is 2.60. The number of nitrogens with one attached hydrogen (secondary N) is 1. The first-order chi connectivity index (χ1) is 11.7. The Balaban J connectivity index is 1.88. The Morgan fingerprint density at radius 1 is 1.08 bits per heavy atom. The van der Waals surface area contributed by atoms with E-state index < -0.39 is 11.6 Å². The molecule has 122 valence electrons. The molecular formula is C17H15F2N5. The van der Waals surface area contributed by atoms with Gasteiger partial charge in [0.15, 0.2) is 5.82 Å². The number of para-hydroxylation sites is 1. The number of benzene rings is 2. The van der Waals surface area contributed by atoms with Crippen LogP contribution in [0.1, 0.15) is 6.92 Å². The first kappa shape index (κ1) is 15.8. The van der Waals surface area contributed by atoms with Crippen LogP contribution in [-0.2, 0) is 0 Å². The maximum atomic E-state index is 13.7. The number of nitrogens with zero attached hydrogens (tertiary/aromatic N) is 4. The van der Waals surface area contributed by atoms with Crippen LogP contribution >= 0.6 is 0 Å². The molecule has 0 fully saturated rings. The molecule has 3 rings (SSSR count). The van der Waals surface area contributed by atoms with Crippen molar-refractivity contribution >= 4 is 23.1 Å². The molecule has 3 aromatic rings. The Bertz CT molecular complexity index is 826. The third kappa shape index (κ3) is 3.45. The Labute approximate surface area is 138 Å². The van der Waals surface area contributed by atoms with Crippen molar-refractivity contribution in [3.63, 3.8) is 0 Å². The molecule has 2 aromatic carbocycles. The molecule has 1 aromatic heterocycles. The van der Waals surface area contributed by atoms with Gasteiger partial charge in [0.05, 0.1) is 11.9 Å². The summed E-state index contributed by atoms with van der Waals surface area (Å²) in [5.41, 5.74) is 1.04. The van der Waals surface area contributed by atoms with Crippen LogP contribution in [0.4, 0.5) is 31.9 Å². The van der Waals surface area contributed by atoms with Crippen molar-refractivity contribution in [2.75, 3.05) is 16.8 Å². The van der Waals surface area contributed by atoms with Crippen molar-refractivity contribution in [3.05, 3.63) is 66.4 Å². The van der Waals surface area contributed by atoms with Crippen LogP contribution in [0.5, 0.6) is 0 Å². The van der Waals surface area contributed by atoms with Crippen molar-refractivity contribution < 1.29 is 8.78 Å². The predicted molar refractivity (Wildman–Crippen MR) is 88.6 cm³/mol. The average molecular weight is 327 g/mol. The molecule has 24 heavy (non-hydrogen) atoms. The molecule has 0 unspecified atom stereocenters. The molecule has 0 aliphatic rings. The highest BCUT2D eigenvalue weighted by Gasteiger charge is 2.12. The first-order valence-corrected chi connectivity index (χ1v) is 7.41. The molecular weight excluding hydrogens is 312 g/mol. The fourth-order valence-electron chi connectivity index (χ4n) is 2.24. The lowest BCUT2D eigenvalue weighted by atomic mass is 10.3. The lowest BCUT2D eigenvalue weighted by Crippen LogP contribution is -2.19. The molecule has 1 heterocycles. The van der Waals surface area contributed by atoms with Gasteiger partial charge in [0.2, 0.25) is 0 Å². The van der Waals surface area contributed by atoms with Gasteiger partial charge in [-0.05, 0) is 31.2 Å². The summed E-state index contributed by atoms with van der Waals surface area (Å²) < 4.78 is 26.7. The van der Waals surface area contributed by atoms with E-state index in [0.29, 0.717) is 18.3 Å². The van der Waals surface area contributed by atoms with Gasteiger partial charge in [-0.25, -0.2) is 8.78 Å². The Kier molecular flexibility index (Phi) is 4.60. The standard InChI is InChI=1S/C17H15F2N5/c1-2-24(13-6-4-3-5-7-13)17-22-16(11-20-23-17)21-15-9-8-12(18)10-14(15)19/h3-11H,2H2,1H3,(H,21,22,23). The van der Waals surface area contributed by atoms with Crippen molar-refractivity contribution in [1.29, 1.82) is 0 Å². The van der Waals surface area contributed by atoms with Crippen LogP contribution in [0.15, 0.2) is 54.7 Å². The van der Waals surface area contributed by atoms with Gasteiger partial charge in [0.25, 0.3) is 5.95 Å². The molecule has 1 N–H and O–H groups in total. The minimum atomic E-state index is -0.703. The first-order valence-electron chi connectivity index (χ1n) is 7.41. The second-order valence-electron chi connectivity index (χ2n) is 4.97. The number of anilines is 4. The maximum Gasteiger partial charge on any atom is 0.251 e. The summed E-state index contributed by atoms with van der Waals surface area (Å²) in [6.45, 7) is 2.61. The lowest BCUT2D eigenvalue weighted by Gasteiger charge is -2.20. The van der Waals surface area contributed by atoms with Gasteiger partial charge in [-0.15, -0.1) is 5.10 Å². The van der Waals surface area contributed by atoms with E-state index in [9.17, 15) is 8.78 Å². The molecule has 0 aliphatic carbocycles. The minimum Gasteiger partial charge on any atom is -0.336 e. The molecule has 5 nitrogen and oxygen atoms in total. The van der Waals surface area contributed by atoms with Crippen LogP contribution in [0.2, 0.25) is 0 Å². The molecule has 0 saturated carbocycles. The van der Waals surface area contributed by atoms with Crippen molar-refractivity contribution in [2.45, 2.75) is 6.92 Å². The Morgan fingerprint density at radius 3 is 2.58 bits per heavy atom. The number of halogens is 2. The molecule has 0 radical (unpaired) electrons. The van der Waals surface area contributed by atoms with E-state index >= 15 is 0 Å². The molecule has 0 spiro atoms. The summed E-state index contributed by atoms with van der Waals surface area (Å²) in [6.07, 6.45) is 1.38. The maximum absolute atomic E-state index is 13.7. The van der Waals surface area contributed by atoms with Crippen LogP contribution in [-0.4, -0.2) is 21.7 Å². The zero-order chi connectivity index (χ0) is 16.9. The second-order valence-corrected chi connectivity index (χ2v) is 4.97. The van der Waals surface area contributed by atoms with Gasteiger partial charge in [0.1, 0.15) is 11.6 Å². The summed E-state index contributed by atoms with van der Waals surface area (Å²) >= 11 is 0. The SMILES string of the molecule is CCN(c1ccccc1)c1nncc(Nc2ccc(F)cc2F)n1. The lowest BCUT2D eigenvalue weighted by molar-refractivity contribution is 0.586. The summed E-state index contributed by atoms with van der Waals surface area (Å²) in [5.74, 6) is -0.637. The molecule has 0 saturated heterocycles. The van der Waals surface area contributed by atoms with Gasteiger partial charge < -0.3 is 10.2 Å². The number of hydrogen-bond donors (Lipinski definition) is 1. The van der Waals surface area contributed by atoms with E-state index in [1.54, 1.807) is 0 Å². The smallest absolute Gasteiger partial charge is 0.251 e. The summed E-state index contributed by atoms with van der Waals surface area (Å²) in [6, 6.07) is 12.9. The molecule has 0 atom stereocenters. The Hall–Kier alpha value is -3.09. The topological polar surface area (TPSA) is 53.9 Å². The van der Waals surface area contributed by atoms with Crippen molar-refractivity contribution in [2.24, 2.45) is 0 Å². The van der Waals surface area contributed by atoms with Gasteiger partial charge in [-0.1, -0.05) is 18.2 Å². The molecule has 0 amide bonds. The van der Waals surface area contributed by atoms with Crippen molar-refractivity contribution in [3.8, 4) is 0 Å². The van der Waals surface area contributed by atoms with E-state index in [-0.39, 0.29) is 5.69 Å². The fourth-order valence-corrected chi connectivity index (χ4v) is 2.24. The normalized spacial score (nSPS) is 10.5. The molecule has 0 aliphatic heterocycles. The van der Waals surface area contributed by atoms with E-state index in [4.69, 9.17) is 0 Å². The third-order valence-corrected chi connectivity index (χ3v) is 3.37. The highest BCUT2D eigenvalue weighted by atomic mass is 19.1. The minimum absolute atomic E-state index is 0.116. The largest absolute Gasteiger partial charge is 0.336 e. The summed E-state index contributed by atoms with van der Waals surface area (Å²) in [4.78, 5) is 6.23. The third-order valence-electron chi connectivity index (χ3n) is 3.37. The molecule has 7 heteroatoms. The van der Waals surface area contributed by atoms with Gasteiger partial charge in [-0.2, -0.15) is 10.1 Å². The predicted octanol–water partition coefficient (Wildman–Crippen LogP) is 4.05. The van der Waals surface area contributed by atoms with Crippen LogP contribution < -0.4 is 10.2 Å². The quantitative estimate of drug-likeness (QED) is 0.766. The molecule has 0 bridgehead atoms. The van der Waals surface area contributed by atoms with E-state index in [1.165, 1.54) is 18.3 Å². The van der Waals surface area contributed by atoms with E-state index in [1.807, 2.05) is 42.2 Å². The van der Waals surface area contributed by atoms with Crippen LogP contribution in [0.25, 0.3) is 0 Å². The van der Waals surface area contributed by atoms with Crippen LogP contribution in [0, 0.1) is 11.6 Å². The zero-order valence-corrected chi connectivity index (χ0v) is 12.9. The van der Waals surface area contributed by atoms with E-state index in [0.717, 1.165) is 11.8 Å². The summed E-state index contributed by atoms with van der Waals surface area (Å²) in [5, 5.41) is 10.7. The Morgan fingerprint density at radius 2 is 1.88 bits per heavy atom. The number of aromatic nitrogens is 3. The van der Waals surface area contributed by atoms with Crippen molar-refractivity contribution in [1.82, 2.24) is 15.2 Å². The monoisotopic (exact) mass is 327 g/mol. The highest BCUT2D eigenvalue weighted by Crippen LogP contribution is 2.23. The van der Waals surface area contributed by atoms with Gasteiger partial charge >= 0.3 is 0 Å². The number of rotatable bonds is 5. The van der Waals surface area contributed by atoms with Gasteiger partial charge in [0, 0.05) is 18.3 Å². The fraction of sp³-hybridized carbons (Fsp3) is 0.118. The van der Waals surface area contributed by atoms with Crippen LogP contribution in [0.3, 0.4) is 0 Å². The van der Waals surface area contributed by atoms with Gasteiger partial charge in [-0.3, -0.25) is 0 Å². The second kappa shape index (κ2) is 6.99. The summed E-state index contributed by atoms with van der Waals surface area (Å²) in [7, 11) is 0. The highest BCUT2D eigenvalue weighted by molar-refractivity contribution is 5.60. The number of hydrogen-bond acceptors (Lipinski definition) is 5.